The average Bonchev–Trinajstić information content (AvgIpc) is 2.79. The Morgan fingerprint density at radius 1 is 0.969 bits per heavy atom. The summed E-state index contributed by atoms with van der Waals surface area (Å²) in [6, 6.07) is 11.6. The molecular weight excluding hydrogens is 418 g/mol. The number of esters is 1. The van der Waals surface area contributed by atoms with Crippen LogP contribution >= 0.6 is 0 Å². The highest BCUT2D eigenvalue weighted by Crippen LogP contribution is 2.28. The first kappa shape index (κ1) is 24.2. The van der Waals surface area contributed by atoms with E-state index in [1.54, 1.807) is 49.6 Å². The van der Waals surface area contributed by atoms with E-state index >= 15 is 0 Å². The highest BCUT2D eigenvalue weighted by molar-refractivity contribution is 6.03. The van der Waals surface area contributed by atoms with Crippen LogP contribution in [0.25, 0.3) is 0 Å². The van der Waals surface area contributed by atoms with Gasteiger partial charge in [0.2, 0.25) is 11.8 Å². The van der Waals surface area contributed by atoms with Gasteiger partial charge in [-0.15, -0.1) is 0 Å². The van der Waals surface area contributed by atoms with E-state index < -0.39 is 24.2 Å². The first-order valence-electron chi connectivity index (χ1n) is 9.67. The lowest BCUT2D eigenvalue weighted by Gasteiger charge is -2.11. The van der Waals surface area contributed by atoms with Crippen molar-refractivity contribution >= 4 is 29.7 Å². The summed E-state index contributed by atoms with van der Waals surface area (Å²) in [4.78, 5) is 35.2. The average molecular weight is 443 g/mol. The lowest BCUT2D eigenvalue weighted by molar-refractivity contribution is -0.143. The molecule has 2 aromatic carbocycles. The van der Waals surface area contributed by atoms with E-state index in [0.717, 1.165) is 0 Å². The van der Waals surface area contributed by atoms with Crippen molar-refractivity contribution in [3.05, 3.63) is 48.0 Å². The molecule has 0 heterocycles. The fourth-order valence-corrected chi connectivity index (χ4v) is 2.43. The summed E-state index contributed by atoms with van der Waals surface area (Å²) in [5.74, 6) is -0.134. The van der Waals surface area contributed by atoms with Crippen LogP contribution in [-0.2, 0) is 19.1 Å². The maximum atomic E-state index is 12.0. The normalized spacial score (nSPS) is 10.3. The molecule has 0 bridgehead atoms. The molecule has 2 aromatic rings. The number of ether oxygens (including phenoxy) is 4. The highest BCUT2D eigenvalue weighted by atomic mass is 16.6. The number of carbonyl (C=O) groups is 3. The minimum Gasteiger partial charge on any atom is -0.497 e. The van der Waals surface area contributed by atoms with Crippen LogP contribution in [0, 0.1) is 0 Å². The second-order valence-corrected chi connectivity index (χ2v) is 6.25. The fourth-order valence-electron chi connectivity index (χ4n) is 2.43. The Balaban J connectivity index is 1.88. The number of nitrogens with one attached hydrogen (secondary N) is 2. The van der Waals surface area contributed by atoms with Gasteiger partial charge in [0, 0.05) is 5.69 Å². The van der Waals surface area contributed by atoms with Crippen molar-refractivity contribution in [3.8, 4) is 17.2 Å². The molecule has 0 aliphatic heterocycles. The molecule has 10 nitrogen and oxygen atoms in total. The third-order valence-electron chi connectivity index (χ3n) is 3.94. The Morgan fingerprint density at radius 2 is 1.72 bits per heavy atom. The smallest absolute Gasteiger partial charge is 0.343 e. The third kappa shape index (κ3) is 7.98. The predicted molar refractivity (Wildman–Crippen MR) is 117 cm³/mol. The van der Waals surface area contributed by atoms with Gasteiger partial charge in [-0.3, -0.25) is 9.59 Å². The summed E-state index contributed by atoms with van der Waals surface area (Å²) < 4.78 is 20.5. The maximum Gasteiger partial charge on any atom is 0.343 e. The van der Waals surface area contributed by atoms with E-state index in [-0.39, 0.29) is 6.61 Å². The summed E-state index contributed by atoms with van der Waals surface area (Å²) in [7, 11) is 2.81. The Morgan fingerprint density at radius 3 is 2.38 bits per heavy atom. The third-order valence-corrected chi connectivity index (χ3v) is 3.94. The molecule has 0 radical (unpaired) electrons. The van der Waals surface area contributed by atoms with Gasteiger partial charge in [-0.05, 0) is 55.0 Å². The molecule has 0 saturated heterocycles. The maximum absolute atomic E-state index is 12.0. The Bertz CT molecular complexity index is 958. The number of hydrogen-bond acceptors (Lipinski definition) is 8. The molecule has 0 fully saturated rings. The molecule has 0 atom stereocenters. The zero-order valence-corrected chi connectivity index (χ0v) is 18.0. The van der Waals surface area contributed by atoms with Crippen molar-refractivity contribution in [2.45, 2.75) is 13.3 Å². The van der Waals surface area contributed by atoms with Gasteiger partial charge in [-0.25, -0.2) is 10.2 Å². The van der Waals surface area contributed by atoms with Gasteiger partial charge in [0.05, 0.1) is 27.0 Å². The first-order chi connectivity index (χ1) is 15.4. The molecule has 170 valence electrons. The lowest BCUT2D eigenvalue weighted by atomic mass is 10.2. The zero-order valence-electron chi connectivity index (χ0n) is 18.0. The standard InChI is InChI=1S/C22H25N3O7/c1-4-31-19-11-15(5-10-18(19)32-14-22(28)30-3)13-23-25-21(27)12-20(26)24-16-6-8-17(29-2)9-7-16/h5-11,13H,4,12,14H2,1-3H3,(H,24,26)(H,25,27). The van der Waals surface area contributed by atoms with Gasteiger partial charge >= 0.3 is 5.97 Å². The summed E-state index contributed by atoms with van der Waals surface area (Å²) in [5, 5.41) is 6.46. The molecular formula is C22H25N3O7. The van der Waals surface area contributed by atoms with Gasteiger partial charge in [-0.1, -0.05) is 0 Å². The first-order valence-corrected chi connectivity index (χ1v) is 9.67. The Labute approximate surface area is 185 Å². The minimum absolute atomic E-state index is 0.251. The summed E-state index contributed by atoms with van der Waals surface area (Å²) in [5.41, 5.74) is 3.46. The van der Waals surface area contributed by atoms with Crippen LogP contribution in [0.1, 0.15) is 18.9 Å². The van der Waals surface area contributed by atoms with Crippen LogP contribution in [0.5, 0.6) is 17.2 Å². The molecule has 32 heavy (non-hydrogen) atoms. The number of amides is 2. The Kier molecular flexibility index (Phi) is 9.51. The monoisotopic (exact) mass is 443 g/mol. The van der Waals surface area contributed by atoms with E-state index in [1.807, 2.05) is 6.92 Å². The van der Waals surface area contributed by atoms with Crippen molar-refractivity contribution in [3.63, 3.8) is 0 Å². The summed E-state index contributed by atoms with van der Waals surface area (Å²) in [6.07, 6.45) is 1.000. The predicted octanol–water partition coefficient (Wildman–Crippen LogP) is 2.12. The van der Waals surface area contributed by atoms with E-state index in [2.05, 4.69) is 20.6 Å². The van der Waals surface area contributed by atoms with E-state index in [9.17, 15) is 14.4 Å². The van der Waals surface area contributed by atoms with Crippen LogP contribution in [0.4, 0.5) is 5.69 Å². The molecule has 0 spiro atoms. The van der Waals surface area contributed by atoms with Crippen LogP contribution in [0.3, 0.4) is 0 Å². The van der Waals surface area contributed by atoms with Crippen molar-refractivity contribution in [2.24, 2.45) is 5.10 Å². The second-order valence-electron chi connectivity index (χ2n) is 6.25. The highest BCUT2D eigenvalue weighted by Gasteiger charge is 2.10. The molecule has 0 aliphatic carbocycles. The molecule has 2 N–H and O–H groups in total. The fraction of sp³-hybridized carbons (Fsp3) is 0.273. The number of benzene rings is 2. The number of hydrazone groups is 1. The van der Waals surface area contributed by atoms with Crippen LogP contribution in [0.15, 0.2) is 47.6 Å². The van der Waals surface area contributed by atoms with Crippen LogP contribution < -0.4 is 25.0 Å². The molecule has 0 saturated carbocycles. The molecule has 2 rings (SSSR count). The minimum atomic E-state index is -0.574. The van der Waals surface area contributed by atoms with Gasteiger partial charge in [0.15, 0.2) is 18.1 Å². The van der Waals surface area contributed by atoms with E-state index in [4.69, 9.17) is 14.2 Å². The second kappa shape index (κ2) is 12.6. The summed E-state index contributed by atoms with van der Waals surface area (Å²) in [6.45, 7) is 1.94. The topological polar surface area (TPSA) is 125 Å². The number of hydrogen-bond donors (Lipinski definition) is 2. The van der Waals surface area contributed by atoms with Gasteiger partial charge in [-0.2, -0.15) is 5.10 Å². The summed E-state index contributed by atoms with van der Waals surface area (Å²) >= 11 is 0. The number of nitrogens with zero attached hydrogens (tertiary/aromatic N) is 1. The van der Waals surface area contributed by atoms with E-state index in [0.29, 0.717) is 35.1 Å². The van der Waals surface area contributed by atoms with E-state index in [1.165, 1.54) is 13.3 Å². The van der Waals surface area contributed by atoms with Crippen molar-refractivity contribution < 1.29 is 33.3 Å². The largest absolute Gasteiger partial charge is 0.497 e. The molecule has 10 heteroatoms. The van der Waals surface area contributed by atoms with Crippen molar-refractivity contribution in [1.29, 1.82) is 0 Å². The molecule has 0 unspecified atom stereocenters. The number of methoxy groups -OCH3 is 2. The lowest BCUT2D eigenvalue weighted by Crippen LogP contribution is -2.24. The van der Waals surface area contributed by atoms with Crippen molar-refractivity contribution in [1.82, 2.24) is 5.43 Å². The van der Waals surface area contributed by atoms with Crippen LogP contribution in [0.2, 0.25) is 0 Å². The molecule has 0 aromatic heterocycles. The quantitative estimate of drug-likeness (QED) is 0.236. The van der Waals surface area contributed by atoms with Gasteiger partial charge in [0.25, 0.3) is 0 Å². The van der Waals surface area contributed by atoms with Gasteiger partial charge in [0.1, 0.15) is 12.2 Å². The Hall–Kier alpha value is -4.08. The SMILES string of the molecule is CCOc1cc(C=NNC(=O)CC(=O)Nc2ccc(OC)cc2)ccc1OCC(=O)OC. The van der Waals surface area contributed by atoms with Crippen LogP contribution in [-0.4, -0.2) is 51.4 Å². The number of rotatable bonds is 11. The van der Waals surface area contributed by atoms with Gasteiger partial charge < -0.3 is 24.3 Å². The van der Waals surface area contributed by atoms with Crippen molar-refractivity contribution in [2.75, 3.05) is 32.8 Å². The molecule has 0 aliphatic rings. The molecule has 2 amide bonds. The zero-order chi connectivity index (χ0) is 23.3. The number of anilines is 1. The number of carbonyl (C=O) groups excluding carboxylic acids is 3.